The molecule has 200 valence electrons. The zero-order valence-corrected chi connectivity index (χ0v) is 23.6. The van der Waals surface area contributed by atoms with Crippen LogP contribution >= 0.6 is 11.3 Å². The van der Waals surface area contributed by atoms with Crippen LogP contribution in [0.5, 0.6) is 0 Å². The van der Waals surface area contributed by atoms with Crippen molar-refractivity contribution in [3.8, 4) is 11.1 Å². The van der Waals surface area contributed by atoms with E-state index in [0.717, 1.165) is 39.2 Å². The van der Waals surface area contributed by atoms with Gasteiger partial charge < -0.3 is 9.73 Å². The lowest BCUT2D eigenvalue weighted by atomic mass is 9.99. The monoisotopic (exact) mass is 567 g/mol. The molecule has 0 fully saturated rings. The number of hydrogen-bond donors (Lipinski definition) is 1. The normalized spacial score (nSPS) is 16.3. The summed E-state index contributed by atoms with van der Waals surface area (Å²) in [5, 5.41) is 12.5. The summed E-state index contributed by atoms with van der Waals surface area (Å²) in [4.78, 5) is 5.33. The van der Waals surface area contributed by atoms with Crippen LogP contribution in [0.25, 0.3) is 80.4 Å². The van der Waals surface area contributed by atoms with E-state index in [1.807, 2.05) is 23.5 Å². The summed E-state index contributed by atoms with van der Waals surface area (Å²) in [5.74, 6) is 1.07. The van der Waals surface area contributed by atoms with Crippen molar-refractivity contribution in [2.75, 3.05) is 5.32 Å². The van der Waals surface area contributed by atoms with Gasteiger partial charge in [-0.05, 0) is 53.6 Å². The molecule has 5 heterocycles. The molecule has 4 aromatic heterocycles. The Balaban J connectivity index is 1.26. The van der Waals surface area contributed by atoms with Crippen LogP contribution in [0.3, 0.4) is 0 Å². The topological polar surface area (TPSA) is 41.9 Å². The first kappa shape index (κ1) is 22.2. The highest BCUT2D eigenvalue weighted by Gasteiger charge is 2.30. The Kier molecular flexibility index (Phi) is 3.99. The van der Waals surface area contributed by atoms with E-state index in [9.17, 15) is 0 Å². The second kappa shape index (κ2) is 7.71. The largest absolute Gasteiger partial charge is 0.456 e. The van der Waals surface area contributed by atoms with E-state index in [1.165, 1.54) is 58.5 Å². The lowest BCUT2D eigenvalue weighted by Crippen LogP contribution is -2.30. The predicted octanol–water partition coefficient (Wildman–Crippen LogP) is 10.6. The number of allylic oxidation sites excluding steroid dienone is 2. The maximum Gasteiger partial charge on any atom is 0.139 e. The molecule has 5 heteroatoms. The molecule has 0 radical (unpaired) electrons. The van der Waals surface area contributed by atoms with Crippen molar-refractivity contribution in [3.05, 3.63) is 115 Å². The minimum atomic E-state index is 0.0558. The molecule has 0 saturated carbocycles. The number of thiophene rings is 1. The molecule has 9 aromatic rings. The Morgan fingerprint density at radius 3 is 2.51 bits per heavy atom. The quantitative estimate of drug-likeness (QED) is 0.214. The summed E-state index contributed by atoms with van der Waals surface area (Å²) in [6.07, 6.45) is 8.51. The third kappa shape index (κ3) is 2.78. The maximum atomic E-state index is 6.12. The third-order valence-corrected chi connectivity index (χ3v) is 10.4. The number of aliphatic imine (C=N–C) groups is 1. The van der Waals surface area contributed by atoms with E-state index in [1.54, 1.807) is 0 Å². The Morgan fingerprint density at radius 1 is 0.698 bits per heavy atom. The highest BCUT2D eigenvalue weighted by molar-refractivity contribution is 7.26. The maximum absolute atomic E-state index is 6.12. The highest BCUT2D eigenvalue weighted by Crippen LogP contribution is 2.52. The standard InChI is InChI=1S/C38H21N3OS/c1-5-11-30-23(7-1)25-17-20(14-16-31(25)42-30)21-13-15-22-26-19-33-34(24-8-2-6-12-32(24)43-33)35-36-38(41(37(26)35)29(22)18-21)40-28-10-4-3-9-27(28)39-36/h1-19,28,40H. The van der Waals surface area contributed by atoms with E-state index in [4.69, 9.17) is 9.41 Å². The smallest absolute Gasteiger partial charge is 0.139 e. The summed E-state index contributed by atoms with van der Waals surface area (Å²) < 4.78 is 11.2. The van der Waals surface area contributed by atoms with Crippen LogP contribution in [0.4, 0.5) is 11.5 Å². The Morgan fingerprint density at radius 2 is 1.53 bits per heavy atom. The molecule has 0 spiro atoms. The molecular weight excluding hydrogens is 547 g/mol. The van der Waals surface area contributed by atoms with Crippen LogP contribution < -0.4 is 5.32 Å². The van der Waals surface area contributed by atoms with Gasteiger partial charge in [0.25, 0.3) is 0 Å². The molecule has 2 aliphatic rings. The summed E-state index contributed by atoms with van der Waals surface area (Å²) in [5.41, 5.74) is 8.73. The molecule has 0 saturated heterocycles. The third-order valence-electron chi connectivity index (χ3n) is 9.32. The van der Waals surface area contributed by atoms with Gasteiger partial charge in [0.1, 0.15) is 22.7 Å². The second-order valence-electron chi connectivity index (χ2n) is 11.6. The number of furan rings is 1. The van der Waals surface area contributed by atoms with Gasteiger partial charge in [0, 0.05) is 47.1 Å². The van der Waals surface area contributed by atoms with Crippen molar-refractivity contribution in [1.82, 2.24) is 4.40 Å². The van der Waals surface area contributed by atoms with Gasteiger partial charge in [-0.25, -0.2) is 4.99 Å². The van der Waals surface area contributed by atoms with Crippen molar-refractivity contribution in [2.45, 2.75) is 6.04 Å². The molecule has 1 unspecified atom stereocenters. The summed E-state index contributed by atoms with van der Waals surface area (Å²) in [6.45, 7) is 0. The number of aromatic nitrogens is 1. The molecule has 0 bridgehead atoms. The number of anilines is 1. The van der Waals surface area contributed by atoms with Crippen LogP contribution in [-0.4, -0.2) is 16.2 Å². The molecule has 1 aliphatic carbocycles. The molecule has 43 heavy (non-hydrogen) atoms. The molecule has 1 N–H and O–H groups in total. The van der Waals surface area contributed by atoms with E-state index in [0.29, 0.717) is 0 Å². The van der Waals surface area contributed by atoms with Gasteiger partial charge in [-0.3, -0.25) is 4.40 Å². The van der Waals surface area contributed by atoms with Crippen LogP contribution in [-0.2, 0) is 0 Å². The Bertz CT molecular complexity index is 2770. The fourth-order valence-electron chi connectivity index (χ4n) is 7.43. The molecule has 11 rings (SSSR count). The fraction of sp³-hybridized carbons (Fsp3) is 0.0263. The molecule has 4 nitrogen and oxygen atoms in total. The summed E-state index contributed by atoms with van der Waals surface area (Å²) in [6, 6.07) is 32.9. The number of nitrogens with zero attached hydrogens (tertiary/aromatic N) is 2. The van der Waals surface area contributed by atoms with Gasteiger partial charge in [0.2, 0.25) is 0 Å². The first-order valence-electron chi connectivity index (χ1n) is 14.6. The highest BCUT2D eigenvalue weighted by atomic mass is 32.1. The number of para-hydroxylation sites is 1. The van der Waals surface area contributed by atoms with Crippen molar-refractivity contribution < 1.29 is 4.42 Å². The number of nitrogens with one attached hydrogen (secondary N) is 1. The molecule has 5 aromatic carbocycles. The lowest BCUT2D eigenvalue weighted by molar-refractivity contribution is 0.669. The molecule has 1 atom stereocenters. The predicted molar refractivity (Wildman–Crippen MR) is 182 cm³/mol. The van der Waals surface area contributed by atoms with Crippen molar-refractivity contribution in [3.63, 3.8) is 0 Å². The minimum Gasteiger partial charge on any atom is -0.456 e. The van der Waals surface area contributed by atoms with E-state index >= 15 is 0 Å². The molecule has 1 aliphatic heterocycles. The first-order chi connectivity index (χ1) is 21.3. The molecule has 0 amide bonds. The number of rotatable bonds is 1. The fourth-order valence-corrected chi connectivity index (χ4v) is 8.58. The molecular formula is C38H21N3OS. The van der Waals surface area contributed by atoms with Gasteiger partial charge in [0.05, 0.1) is 22.8 Å². The summed E-state index contributed by atoms with van der Waals surface area (Å²) >= 11 is 1.87. The van der Waals surface area contributed by atoms with Crippen LogP contribution in [0.2, 0.25) is 0 Å². The van der Waals surface area contributed by atoms with Gasteiger partial charge in [-0.2, -0.15) is 0 Å². The number of hydrogen-bond acceptors (Lipinski definition) is 4. The van der Waals surface area contributed by atoms with Gasteiger partial charge >= 0.3 is 0 Å². The van der Waals surface area contributed by atoms with Crippen LogP contribution in [0.1, 0.15) is 0 Å². The SMILES string of the molecule is C1=CC2=Nc3c(n4c5cc(-c6ccc7oc8ccccc8c7c6)ccc5c5cc6sc7ccccc7c6c3c54)NC2C=C1. The van der Waals surface area contributed by atoms with E-state index < -0.39 is 0 Å². The van der Waals surface area contributed by atoms with Crippen LogP contribution in [0.15, 0.2) is 125 Å². The van der Waals surface area contributed by atoms with Gasteiger partial charge in [-0.15, -0.1) is 11.3 Å². The summed E-state index contributed by atoms with van der Waals surface area (Å²) in [7, 11) is 0. The van der Waals surface area contributed by atoms with Gasteiger partial charge in [-0.1, -0.05) is 72.8 Å². The number of benzene rings is 5. The zero-order valence-electron chi connectivity index (χ0n) is 22.8. The van der Waals surface area contributed by atoms with Gasteiger partial charge in [0.15, 0.2) is 0 Å². The van der Waals surface area contributed by atoms with E-state index in [2.05, 4.69) is 113 Å². The minimum absolute atomic E-state index is 0.0558. The van der Waals surface area contributed by atoms with Crippen LogP contribution in [0, 0.1) is 0 Å². The average Bonchev–Trinajstić information content (AvgIpc) is 3.79. The van der Waals surface area contributed by atoms with Crippen molar-refractivity contribution >= 4 is 97.9 Å². The van der Waals surface area contributed by atoms with Crippen molar-refractivity contribution in [2.24, 2.45) is 4.99 Å². The number of fused-ring (bicyclic) bond motifs is 14. The Hall–Kier alpha value is -5.39. The lowest BCUT2D eigenvalue weighted by Gasteiger charge is -2.23. The second-order valence-corrected chi connectivity index (χ2v) is 12.7. The average molecular weight is 568 g/mol. The van der Waals surface area contributed by atoms with Crippen molar-refractivity contribution in [1.29, 1.82) is 0 Å². The van der Waals surface area contributed by atoms with E-state index in [-0.39, 0.29) is 6.04 Å². The first-order valence-corrected chi connectivity index (χ1v) is 15.4. The Labute approximate surface area is 248 Å². The zero-order chi connectivity index (χ0) is 27.8.